The van der Waals surface area contributed by atoms with Crippen LogP contribution in [0.2, 0.25) is 5.15 Å². The second-order valence-electron chi connectivity index (χ2n) is 14.3. The van der Waals surface area contributed by atoms with Crippen molar-refractivity contribution in [3.05, 3.63) is 86.8 Å². The Morgan fingerprint density at radius 3 is 2.23 bits per heavy atom. The van der Waals surface area contributed by atoms with Gasteiger partial charge in [-0.2, -0.15) is 13.2 Å². The van der Waals surface area contributed by atoms with Crippen molar-refractivity contribution in [1.82, 2.24) is 19.8 Å². The third kappa shape index (κ3) is 10.1. The van der Waals surface area contributed by atoms with Gasteiger partial charge in [-0.25, -0.2) is 19.6 Å². The van der Waals surface area contributed by atoms with Crippen LogP contribution >= 0.6 is 11.6 Å². The number of hydrogen-bond acceptors (Lipinski definition) is 8. The predicted molar refractivity (Wildman–Crippen MR) is 193 cm³/mol. The summed E-state index contributed by atoms with van der Waals surface area (Å²) in [5, 5.41) is 0.264. The molecule has 0 N–H and O–H groups in total. The average molecular weight is 746 g/mol. The number of nitrogens with zero attached hydrogens (tertiary/aromatic N) is 5. The molecule has 2 atom stereocenters. The van der Waals surface area contributed by atoms with E-state index in [0.717, 1.165) is 47.5 Å². The Balaban J connectivity index is 0.000000521. The number of aromatic nitrogens is 2. The highest BCUT2D eigenvalue weighted by Gasteiger charge is 2.42. The molecule has 2 aliphatic rings. The van der Waals surface area contributed by atoms with Crippen LogP contribution in [0.5, 0.6) is 0 Å². The fourth-order valence-corrected chi connectivity index (χ4v) is 6.55. The number of ether oxygens (including phenoxy) is 2. The van der Waals surface area contributed by atoms with E-state index in [1.807, 2.05) is 47.6 Å². The monoisotopic (exact) mass is 745 g/mol. The zero-order chi connectivity index (χ0) is 38.5. The molecule has 52 heavy (non-hydrogen) atoms. The lowest BCUT2D eigenvalue weighted by molar-refractivity contribution is -0.137. The number of aldehydes is 1. The molecular formula is C38H47ClF3N5O5. The molecule has 14 heteroatoms. The van der Waals surface area contributed by atoms with E-state index in [1.54, 1.807) is 48.2 Å². The van der Waals surface area contributed by atoms with Crippen LogP contribution in [-0.4, -0.2) is 75.6 Å². The number of aryl methyl sites for hydroxylation is 3. The Labute approximate surface area is 308 Å². The number of rotatable bonds is 7. The van der Waals surface area contributed by atoms with Crippen molar-refractivity contribution in [2.24, 2.45) is 0 Å². The first-order valence-electron chi connectivity index (χ1n) is 17.2. The number of halogens is 4. The lowest BCUT2D eigenvalue weighted by atomic mass is 9.98. The van der Waals surface area contributed by atoms with E-state index in [1.165, 1.54) is 0 Å². The minimum Gasteiger partial charge on any atom is -0.444 e. The van der Waals surface area contributed by atoms with E-state index in [9.17, 15) is 27.6 Å². The number of likely N-dealkylation sites (tertiary alicyclic amines) is 1. The van der Waals surface area contributed by atoms with E-state index in [2.05, 4.69) is 9.88 Å². The van der Waals surface area contributed by atoms with Gasteiger partial charge in [0.1, 0.15) is 22.7 Å². The van der Waals surface area contributed by atoms with Gasteiger partial charge in [-0.3, -0.25) is 9.69 Å². The van der Waals surface area contributed by atoms with Crippen LogP contribution < -0.4 is 4.90 Å². The third-order valence-electron chi connectivity index (χ3n) is 8.87. The number of alkyl halides is 3. The lowest BCUT2D eigenvalue weighted by Crippen LogP contribution is -2.48. The fourth-order valence-electron chi connectivity index (χ4n) is 6.41. The van der Waals surface area contributed by atoms with Crippen molar-refractivity contribution in [3.8, 4) is 0 Å². The molecule has 2 aromatic heterocycles. The first kappa shape index (κ1) is 40.4. The third-order valence-corrected chi connectivity index (χ3v) is 9.18. The Morgan fingerprint density at radius 1 is 1.02 bits per heavy atom. The molecule has 4 heterocycles. The number of hydrogen-bond donors (Lipinski definition) is 0. The highest BCUT2D eigenvalue weighted by atomic mass is 35.5. The van der Waals surface area contributed by atoms with E-state index in [0.29, 0.717) is 42.6 Å². The molecule has 1 aromatic carbocycles. The van der Waals surface area contributed by atoms with Gasteiger partial charge in [-0.1, -0.05) is 23.2 Å². The van der Waals surface area contributed by atoms with Crippen LogP contribution in [-0.2, 0) is 22.2 Å². The predicted octanol–water partition coefficient (Wildman–Crippen LogP) is 8.88. The summed E-state index contributed by atoms with van der Waals surface area (Å²) in [5.74, 6) is 0.747. The zero-order valence-electron chi connectivity index (χ0n) is 30.9. The molecule has 0 bridgehead atoms. The Bertz CT molecular complexity index is 1760. The summed E-state index contributed by atoms with van der Waals surface area (Å²) >= 11 is 5.55. The van der Waals surface area contributed by atoms with Crippen molar-refractivity contribution in [1.29, 1.82) is 0 Å². The minimum atomic E-state index is -4.50. The van der Waals surface area contributed by atoms with Gasteiger partial charge in [-0.15, -0.1) is 0 Å². The van der Waals surface area contributed by atoms with E-state index < -0.39 is 35.6 Å². The summed E-state index contributed by atoms with van der Waals surface area (Å²) in [7, 11) is 0. The number of pyridine rings is 2. The minimum absolute atomic E-state index is 0.131. The van der Waals surface area contributed by atoms with Gasteiger partial charge >= 0.3 is 18.4 Å². The van der Waals surface area contributed by atoms with Gasteiger partial charge in [-0.05, 0) is 109 Å². The standard InChI is InChI=1S/C31H41F3N4O4.C7H6ClNO/c1-8-37(25-9-11-36(12-10-25)28(39)42-30(5,6)7)27-23(14-20(3)17-35-27)18-38-21(4)26(41-29(38)40)22-13-19(2)15-24(16-22)31(32,33)34;1-5-2-6(4-10)7(8)9-3-5/h13-17,21,25-26H,8-12,18H2,1-7H3;2-4H,1H3/t21-,26-;/m0./s1. The summed E-state index contributed by atoms with van der Waals surface area (Å²) < 4.78 is 51.6. The molecule has 0 saturated carbocycles. The van der Waals surface area contributed by atoms with Crippen LogP contribution in [0, 0.1) is 20.8 Å². The summed E-state index contributed by atoms with van der Waals surface area (Å²) in [6.45, 7) is 16.8. The molecule has 2 amide bonds. The number of cyclic esters (lactones) is 1. The highest BCUT2D eigenvalue weighted by Crippen LogP contribution is 2.38. The maximum absolute atomic E-state index is 13.5. The van der Waals surface area contributed by atoms with Crippen LogP contribution in [0.3, 0.4) is 0 Å². The smallest absolute Gasteiger partial charge is 0.416 e. The number of anilines is 1. The summed E-state index contributed by atoms with van der Waals surface area (Å²) in [6, 6.07) is 7.10. The summed E-state index contributed by atoms with van der Waals surface area (Å²) in [6.07, 6.45) is -0.647. The van der Waals surface area contributed by atoms with Crippen molar-refractivity contribution in [2.45, 2.75) is 105 Å². The molecule has 2 saturated heterocycles. The molecule has 0 spiro atoms. The average Bonchev–Trinajstić information content (AvgIpc) is 3.34. The maximum atomic E-state index is 13.5. The lowest BCUT2D eigenvalue weighted by Gasteiger charge is -2.40. The van der Waals surface area contributed by atoms with Crippen molar-refractivity contribution in [3.63, 3.8) is 0 Å². The van der Waals surface area contributed by atoms with Crippen LogP contribution in [0.25, 0.3) is 0 Å². The van der Waals surface area contributed by atoms with Crippen molar-refractivity contribution < 1.29 is 37.0 Å². The van der Waals surface area contributed by atoms with Gasteiger partial charge in [0.2, 0.25) is 0 Å². The van der Waals surface area contributed by atoms with Crippen LogP contribution in [0.15, 0.2) is 42.7 Å². The molecule has 2 fully saturated rings. The molecule has 5 rings (SSSR count). The van der Waals surface area contributed by atoms with Crippen molar-refractivity contribution in [2.75, 3.05) is 24.5 Å². The van der Waals surface area contributed by atoms with Crippen molar-refractivity contribution >= 4 is 35.9 Å². The van der Waals surface area contributed by atoms with Gasteiger partial charge in [0.05, 0.1) is 23.7 Å². The number of amides is 2. The molecular weight excluding hydrogens is 699 g/mol. The topological polar surface area (TPSA) is 105 Å². The summed E-state index contributed by atoms with van der Waals surface area (Å²) in [5.41, 5.74) is 2.58. The quantitative estimate of drug-likeness (QED) is 0.175. The number of benzene rings is 1. The fraction of sp³-hybridized carbons (Fsp3) is 0.500. The van der Waals surface area contributed by atoms with E-state index in [4.69, 9.17) is 26.1 Å². The Morgan fingerprint density at radius 2 is 1.65 bits per heavy atom. The van der Waals surface area contributed by atoms with Gasteiger partial charge in [0.25, 0.3) is 0 Å². The van der Waals surface area contributed by atoms with Crippen LogP contribution in [0.4, 0.5) is 28.6 Å². The van der Waals surface area contributed by atoms with Gasteiger partial charge < -0.3 is 19.3 Å². The van der Waals surface area contributed by atoms with Gasteiger partial charge in [0, 0.05) is 43.6 Å². The van der Waals surface area contributed by atoms with E-state index >= 15 is 0 Å². The first-order chi connectivity index (χ1) is 24.3. The molecule has 0 radical (unpaired) electrons. The SMILES string of the molecule is CCN(c1ncc(C)cc1CN1C(=O)O[C@H](c2cc(C)cc(C(F)(F)F)c2)[C@@H]1C)C1CCN(C(=O)OC(C)(C)C)CC1.Cc1cnc(Cl)c(C=O)c1. The second-order valence-corrected chi connectivity index (χ2v) is 14.7. The first-order valence-corrected chi connectivity index (χ1v) is 17.6. The Kier molecular flexibility index (Phi) is 12.8. The number of carbonyl (C=O) groups is 3. The molecule has 10 nitrogen and oxygen atoms in total. The number of carbonyl (C=O) groups excluding carboxylic acids is 3. The molecule has 0 unspecified atom stereocenters. The maximum Gasteiger partial charge on any atom is 0.416 e. The normalized spacial score (nSPS) is 18.0. The molecule has 0 aliphatic carbocycles. The van der Waals surface area contributed by atoms with E-state index in [-0.39, 0.29) is 23.8 Å². The second kappa shape index (κ2) is 16.5. The highest BCUT2D eigenvalue weighted by molar-refractivity contribution is 6.31. The largest absolute Gasteiger partial charge is 0.444 e. The summed E-state index contributed by atoms with van der Waals surface area (Å²) in [4.78, 5) is 49.9. The Hall–Kier alpha value is -4.39. The number of piperidine rings is 1. The van der Waals surface area contributed by atoms with Gasteiger partial charge in [0.15, 0.2) is 6.29 Å². The van der Waals surface area contributed by atoms with Crippen LogP contribution in [0.1, 0.15) is 97.3 Å². The molecule has 3 aromatic rings. The molecule has 2 aliphatic heterocycles. The zero-order valence-corrected chi connectivity index (χ0v) is 31.6. The molecule has 282 valence electrons.